The van der Waals surface area contributed by atoms with Crippen LogP contribution >= 0.6 is 11.3 Å². The number of rotatable bonds is 2. The fraction of sp³-hybridized carbons (Fsp3) is 0.412. The van der Waals surface area contributed by atoms with Gasteiger partial charge in [0.25, 0.3) is 5.91 Å². The first-order valence-electron chi connectivity index (χ1n) is 7.80. The molecule has 1 unspecified atom stereocenters. The zero-order valence-electron chi connectivity index (χ0n) is 12.6. The third kappa shape index (κ3) is 2.62. The molecule has 0 N–H and O–H groups in total. The van der Waals surface area contributed by atoms with E-state index in [0.717, 1.165) is 18.4 Å². The molecule has 2 aliphatic rings. The third-order valence-corrected chi connectivity index (χ3v) is 5.15. The number of carbonyl (C=O) groups is 2. The maximum absolute atomic E-state index is 12.9. The quantitative estimate of drug-likeness (QED) is 0.848. The van der Waals surface area contributed by atoms with Crippen molar-refractivity contribution in [1.82, 2.24) is 4.90 Å². The third-order valence-electron chi connectivity index (χ3n) is 4.45. The molecule has 0 bridgehead atoms. The van der Waals surface area contributed by atoms with E-state index in [-0.39, 0.29) is 17.8 Å². The van der Waals surface area contributed by atoms with Crippen molar-refractivity contribution >= 4 is 23.0 Å². The number of hydrogen-bond donors (Lipinski definition) is 0. The molecule has 0 spiro atoms. The first kappa shape index (κ1) is 14.7. The number of furan rings is 1. The van der Waals surface area contributed by atoms with Crippen LogP contribution in [0.1, 0.15) is 51.0 Å². The number of hydrogen-bond acceptors (Lipinski definition) is 5. The highest BCUT2D eigenvalue weighted by Gasteiger charge is 2.32. The van der Waals surface area contributed by atoms with E-state index in [1.165, 1.54) is 6.26 Å². The van der Waals surface area contributed by atoms with Gasteiger partial charge in [-0.3, -0.25) is 9.59 Å². The Morgan fingerprint density at radius 1 is 1.35 bits per heavy atom. The van der Waals surface area contributed by atoms with Crippen molar-refractivity contribution in [2.24, 2.45) is 0 Å². The molecule has 1 aliphatic heterocycles. The Kier molecular flexibility index (Phi) is 3.79. The van der Waals surface area contributed by atoms with Gasteiger partial charge in [0, 0.05) is 19.4 Å². The number of morpholine rings is 1. The number of fused-ring (bicyclic) bond motifs is 1. The van der Waals surface area contributed by atoms with Gasteiger partial charge in [0.2, 0.25) is 0 Å². The highest BCUT2D eigenvalue weighted by Crippen LogP contribution is 2.29. The van der Waals surface area contributed by atoms with E-state index in [0.29, 0.717) is 43.0 Å². The second-order valence-corrected chi connectivity index (χ2v) is 6.67. The van der Waals surface area contributed by atoms with Crippen molar-refractivity contribution < 1.29 is 18.7 Å². The minimum atomic E-state index is -0.131. The van der Waals surface area contributed by atoms with Gasteiger partial charge in [-0.2, -0.15) is 11.3 Å². The average Bonchev–Trinajstić information content (AvgIpc) is 3.25. The molecule has 1 saturated heterocycles. The number of amides is 1. The zero-order chi connectivity index (χ0) is 15.8. The van der Waals surface area contributed by atoms with E-state index in [4.69, 9.17) is 9.15 Å². The van der Waals surface area contributed by atoms with Crippen LogP contribution < -0.4 is 0 Å². The minimum Gasteiger partial charge on any atom is -0.468 e. The van der Waals surface area contributed by atoms with Crippen LogP contribution in [0.2, 0.25) is 0 Å². The molecule has 0 saturated carbocycles. The van der Waals surface area contributed by atoms with Crippen LogP contribution in [0, 0.1) is 0 Å². The minimum absolute atomic E-state index is 0.0194. The summed E-state index contributed by atoms with van der Waals surface area (Å²) in [4.78, 5) is 26.8. The smallest absolute Gasteiger partial charge is 0.258 e. The number of thiophene rings is 1. The molecular weight excluding hydrogens is 314 g/mol. The largest absolute Gasteiger partial charge is 0.468 e. The topological polar surface area (TPSA) is 59.8 Å². The van der Waals surface area contributed by atoms with Crippen LogP contribution in [-0.4, -0.2) is 36.3 Å². The normalized spacial score (nSPS) is 21.3. The van der Waals surface area contributed by atoms with Crippen molar-refractivity contribution in [2.75, 3.05) is 19.7 Å². The van der Waals surface area contributed by atoms with Crippen LogP contribution in [0.4, 0.5) is 0 Å². The fourth-order valence-electron chi connectivity index (χ4n) is 3.24. The van der Waals surface area contributed by atoms with Crippen LogP contribution in [0.3, 0.4) is 0 Å². The lowest BCUT2D eigenvalue weighted by Gasteiger charge is -2.32. The van der Waals surface area contributed by atoms with Crippen LogP contribution in [0.25, 0.3) is 0 Å². The number of Topliss-reactive ketones (excluding diaryl/α,β-unsaturated/α-hetero) is 1. The van der Waals surface area contributed by atoms with Crippen molar-refractivity contribution in [2.45, 2.75) is 25.4 Å². The summed E-state index contributed by atoms with van der Waals surface area (Å²) in [6.45, 7) is 1.54. The SMILES string of the molecule is O=C1CCCc2occ(C(=O)N3CCOC(c4ccsc4)C3)c21. The molecule has 2 aromatic rings. The number of nitrogens with zero attached hydrogens (tertiary/aromatic N) is 1. The van der Waals surface area contributed by atoms with E-state index in [1.54, 1.807) is 16.2 Å². The molecule has 1 fully saturated rings. The number of ether oxygens (including phenoxy) is 1. The van der Waals surface area contributed by atoms with Gasteiger partial charge < -0.3 is 14.1 Å². The van der Waals surface area contributed by atoms with E-state index in [2.05, 4.69) is 0 Å². The molecule has 1 atom stereocenters. The molecule has 4 rings (SSSR count). The predicted molar refractivity (Wildman–Crippen MR) is 84.9 cm³/mol. The summed E-state index contributed by atoms with van der Waals surface area (Å²) in [6, 6.07) is 2.02. The molecule has 5 nitrogen and oxygen atoms in total. The summed E-state index contributed by atoms with van der Waals surface area (Å²) in [6.07, 6.45) is 3.37. The van der Waals surface area contributed by atoms with E-state index in [9.17, 15) is 9.59 Å². The summed E-state index contributed by atoms with van der Waals surface area (Å²) in [5.41, 5.74) is 2.01. The highest BCUT2D eigenvalue weighted by atomic mass is 32.1. The highest BCUT2D eigenvalue weighted by molar-refractivity contribution is 7.07. The first-order chi connectivity index (χ1) is 11.2. The van der Waals surface area contributed by atoms with Gasteiger partial charge in [-0.05, 0) is 28.8 Å². The Morgan fingerprint density at radius 3 is 3.09 bits per heavy atom. The molecular formula is C17H17NO4S. The van der Waals surface area contributed by atoms with Crippen molar-refractivity contribution in [3.05, 3.63) is 45.5 Å². The second kappa shape index (κ2) is 5.94. The van der Waals surface area contributed by atoms with E-state index in [1.807, 2.05) is 16.8 Å². The van der Waals surface area contributed by atoms with Crippen LogP contribution in [-0.2, 0) is 11.2 Å². The molecule has 6 heteroatoms. The van der Waals surface area contributed by atoms with E-state index < -0.39 is 0 Å². The predicted octanol–water partition coefficient (Wildman–Crippen LogP) is 3.07. The van der Waals surface area contributed by atoms with Crippen molar-refractivity contribution in [3.8, 4) is 0 Å². The van der Waals surface area contributed by atoms with Crippen LogP contribution in [0.5, 0.6) is 0 Å². The molecule has 3 heterocycles. The standard InChI is InChI=1S/C17H17NO4S/c19-13-2-1-3-14-16(13)12(9-22-14)17(20)18-5-6-21-15(8-18)11-4-7-23-10-11/h4,7,9-10,15H,1-3,5-6,8H2. The van der Waals surface area contributed by atoms with Gasteiger partial charge in [0.1, 0.15) is 18.1 Å². The van der Waals surface area contributed by atoms with E-state index >= 15 is 0 Å². The van der Waals surface area contributed by atoms with Gasteiger partial charge in [0.15, 0.2) is 5.78 Å². The summed E-state index contributed by atoms with van der Waals surface area (Å²) in [5, 5.41) is 4.05. The molecule has 2 aromatic heterocycles. The van der Waals surface area contributed by atoms with Crippen molar-refractivity contribution in [1.29, 1.82) is 0 Å². The lowest BCUT2D eigenvalue weighted by Crippen LogP contribution is -2.42. The number of ketones is 1. The average molecular weight is 331 g/mol. The van der Waals surface area contributed by atoms with Crippen molar-refractivity contribution in [3.63, 3.8) is 0 Å². The molecule has 1 amide bonds. The Labute approximate surface area is 137 Å². The lowest BCUT2D eigenvalue weighted by atomic mass is 9.93. The summed E-state index contributed by atoms with van der Waals surface area (Å²) < 4.78 is 11.2. The summed E-state index contributed by atoms with van der Waals surface area (Å²) in [7, 11) is 0. The molecule has 0 aromatic carbocycles. The molecule has 23 heavy (non-hydrogen) atoms. The number of carbonyl (C=O) groups excluding carboxylic acids is 2. The van der Waals surface area contributed by atoms with Gasteiger partial charge in [-0.1, -0.05) is 0 Å². The number of aryl methyl sites for hydroxylation is 1. The molecule has 120 valence electrons. The van der Waals surface area contributed by atoms with Crippen LogP contribution in [0.15, 0.2) is 27.5 Å². The molecule has 0 radical (unpaired) electrons. The fourth-order valence-corrected chi connectivity index (χ4v) is 3.95. The van der Waals surface area contributed by atoms with Gasteiger partial charge in [-0.25, -0.2) is 0 Å². The lowest BCUT2D eigenvalue weighted by molar-refractivity contribution is -0.0226. The second-order valence-electron chi connectivity index (χ2n) is 5.89. The first-order valence-corrected chi connectivity index (χ1v) is 8.75. The Bertz CT molecular complexity index is 734. The van der Waals surface area contributed by atoms with Gasteiger partial charge in [0.05, 0.1) is 24.3 Å². The van der Waals surface area contributed by atoms with Gasteiger partial charge in [-0.15, -0.1) is 0 Å². The monoisotopic (exact) mass is 331 g/mol. The summed E-state index contributed by atoms with van der Waals surface area (Å²) in [5.74, 6) is 0.548. The van der Waals surface area contributed by atoms with Gasteiger partial charge >= 0.3 is 0 Å². The zero-order valence-corrected chi connectivity index (χ0v) is 13.4. The maximum atomic E-state index is 12.9. The Morgan fingerprint density at radius 2 is 2.26 bits per heavy atom. The Hall–Kier alpha value is -1.92. The Balaban J connectivity index is 1.57. The summed E-state index contributed by atoms with van der Waals surface area (Å²) >= 11 is 1.62. The maximum Gasteiger partial charge on any atom is 0.258 e. The molecule has 1 aliphatic carbocycles.